The standard InChI is InChI=1S/C14H10Cl3N/c1-9-3-2-4-12(16)14(9)18-8-10-5-6-11(15)13(17)7-10/h2-8H,1H3. The number of benzene rings is 2. The number of hydrogen-bond donors (Lipinski definition) is 0. The zero-order valence-electron chi connectivity index (χ0n) is 9.62. The summed E-state index contributed by atoms with van der Waals surface area (Å²) >= 11 is 17.9. The molecule has 0 heterocycles. The lowest BCUT2D eigenvalue weighted by Gasteiger charge is -2.02. The van der Waals surface area contributed by atoms with Crippen molar-refractivity contribution in [1.82, 2.24) is 0 Å². The maximum Gasteiger partial charge on any atom is 0.0845 e. The lowest BCUT2D eigenvalue weighted by atomic mass is 10.2. The minimum absolute atomic E-state index is 0.511. The zero-order valence-corrected chi connectivity index (χ0v) is 11.9. The van der Waals surface area contributed by atoms with Crippen molar-refractivity contribution in [3.63, 3.8) is 0 Å². The van der Waals surface area contributed by atoms with Crippen molar-refractivity contribution in [3.05, 3.63) is 62.6 Å². The van der Waals surface area contributed by atoms with Crippen molar-refractivity contribution in [3.8, 4) is 0 Å². The predicted molar refractivity (Wildman–Crippen MR) is 79.9 cm³/mol. The molecule has 2 rings (SSSR count). The van der Waals surface area contributed by atoms with E-state index in [2.05, 4.69) is 4.99 Å². The summed E-state index contributed by atoms with van der Waals surface area (Å²) < 4.78 is 0. The summed E-state index contributed by atoms with van der Waals surface area (Å²) in [6.45, 7) is 1.97. The highest BCUT2D eigenvalue weighted by Gasteiger charge is 2.01. The highest BCUT2D eigenvalue weighted by atomic mass is 35.5. The van der Waals surface area contributed by atoms with E-state index in [1.54, 1.807) is 18.3 Å². The third kappa shape index (κ3) is 3.05. The Morgan fingerprint density at radius 1 is 0.944 bits per heavy atom. The molecule has 0 N–H and O–H groups in total. The SMILES string of the molecule is Cc1cccc(Cl)c1N=Cc1ccc(Cl)c(Cl)c1. The molecule has 0 aliphatic carbocycles. The molecule has 0 saturated heterocycles. The van der Waals surface area contributed by atoms with Gasteiger partial charge in [0, 0.05) is 6.21 Å². The number of aryl methyl sites for hydroxylation is 1. The Balaban J connectivity index is 2.33. The van der Waals surface area contributed by atoms with Crippen molar-refractivity contribution in [1.29, 1.82) is 0 Å². The minimum atomic E-state index is 0.511. The summed E-state index contributed by atoms with van der Waals surface area (Å²) in [6.07, 6.45) is 1.72. The molecule has 0 bridgehead atoms. The van der Waals surface area contributed by atoms with Crippen LogP contribution in [0.15, 0.2) is 41.4 Å². The molecule has 0 aromatic heterocycles. The Kier molecular flexibility index (Phi) is 4.28. The Hall–Kier alpha value is -1.02. The van der Waals surface area contributed by atoms with Gasteiger partial charge in [0.15, 0.2) is 0 Å². The van der Waals surface area contributed by atoms with Gasteiger partial charge in [-0.3, -0.25) is 4.99 Å². The van der Waals surface area contributed by atoms with Gasteiger partial charge in [-0.05, 0) is 36.2 Å². The molecule has 0 aliphatic rings. The number of hydrogen-bond acceptors (Lipinski definition) is 1. The molecule has 0 saturated carbocycles. The van der Waals surface area contributed by atoms with Gasteiger partial charge in [-0.25, -0.2) is 0 Å². The lowest BCUT2D eigenvalue weighted by molar-refractivity contribution is 1.40. The molecule has 0 radical (unpaired) electrons. The predicted octanol–water partition coefficient (Wildman–Crippen LogP) is 5.71. The Labute approximate surface area is 121 Å². The molecule has 0 atom stereocenters. The first-order valence-electron chi connectivity index (χ1n) is 5.32. The van der Waals surface area contributed by atoms with Gasteiger partial charge in [0.05, 0.1) is 20.8 Å². The highest BCUT2D eigenvalue weighted by Crippen LogP contribution is 2.28. The normalized spacial score (nSPS) is 11.1. The molecule has 92 valence electrons. The Bertz CT molecular complexity index is 586. The van der Waals surface area contributed by atoms with Crippen LogP contribution in [0.1, 0.15) is 11.1 Å². The van der Waals surface area contributed by atoms with E-state index in [4.69, 9.17) is 34.8 Å². The zero-order chi connectivity index (χ0) is 13.1. The van der Waals surface area contributed by atoms with Crippen LogP contribution >= 0.6 is 34.8 Å². The van der Waals surface area contributed by atoms with Crippen LogP contribution in [0.2, 0.25) is 15.1 Å². The van der Waals surface area contributed by atoms with Gasteiger partial charge < -0.3 is 0 Å². The van der Waals surface area contributed by atoms with E-state index in [0.717, 1.165) is 16.8 Å². The molecule has 0 spiro atoms. The van der Waals surface area contributed by atoms with E-state index in [0.29, 0.717) is 15.1 Å². The van der Waals surface area contributed by atoms with Crippen molar-refractivity contribution < 1.29 is 0 Å². The topological polar surface area (TPSA) is 12.4 Å². The van der Waals surface area contributed by atoms with E-state index >= 15 is 0 Å². The third-order valence-corrected chi connectivity index (χ3v) is 3.52. The summed E-state index contributed by atoms with van der Waals surface area (Å²) in [6, 6.07) is 11.0. The van der Waals surface area contributed by atoms with Crippen LogP contribution in [0.25, 0.3) is 0 Å². The number of nitrogens with zero attached hydrogens (tertiary/aromatic N) is 1. The van der Waals surface area contributed by atoms with Crippen LogP contribution in [0.5, 0.6) is 0 Å². The van der Waals surface area contributed by atoms with Gasteiger partial charge in [0.2, 0.25) is 0 Å². The van der Waals surface area contributed by atoms with Crippen LogP contribution in [0, 0.1) is 6.92 Å². The fourth-order valence-corrected chi connectivity index (χ4v) is 2.10. The van der Waals surface area contributed by atoms with Gasteiger partial charge in [0.25, 0.3) is 0 Å². The van der Waals surface area contributed by atoms with Crippen LogP contribution in [-0.4, -0.2) is 6.21 Å². The molecule has 1 nitrogen and oxygen atoms in total. The van der Waals surface area contributed by atoms with E-state index in [-0.39, 0.29) is 0 Å². The molecule has 0 unspecified atom stereocenters. The second kappa shape index (κ2) is 5.75. The summed E-state index contributed by atoms with van der Waals surface area (Å²) in [7, 11) is 0. The van der Waals surface area contributed by atoms with Gasteiger partial charge in [0.1, 0.15) is 0 Å². The highest BCUT2D eigenvalue weighted by molar-refractivity contribution is 6.42. The quantitative estimate of drug-likeness (QED) is 0.630. The van der Waals surface area contributed by atoms with Gasteiger partial charge in [-0.1, -0.05) is 53.0 Å². The summed E-state index contributed by atoms with van der Waals surface area (Å²) in [5.41, 5.74) is 2.67. The first kappa shape index (κ1) is 13.4. The van der Waals surface area contributed by atoms with Gasteiger partial charge in [-0.15, -0.1) is 0 Å². The van der Waals surface area contributed by atoms with E-state index in [1.807, 2.05) is 31.2 Å². The molecule has 18 heavy (non-hydrogen) atoms. The first-order valence-corrected chi connectivity index (χ1v) is 6.45. The van der Waals surface area contributed by atoms with Crippen LogP contribution < -0.4 is 0 Å². The average Bonchev–Trinajstić information content (AvgIpc) is 2.33. The van der Waals surface area contributed by atoms with Crippen LogP contribution in [-0.2, 0) is 0 Å². The van der Waals surface area contributed by atoms with Crippen molar-refractivity contribution in [2.75, 3.05) is 0 Å². The summed E-state index contributed by atoms with van der Waals surface area (Å²) in [5, 5.41) is 1.67. The largest absolute Gasteiger partial charge is 0.254 e. The minimum Gasteiger partial charge on any atom is -0.254 e. The molecule has 2 aromatic rings. The summed E-state index contributed by atoms with van der Waals surface area (Å²) in [5.74, 6) is 0. The number of rotatable bonds is 2. The smallest absolute Gasteiger partial charge is 0.0845 e. The van der Waals surface area contributed by atoms with E-state index in [9.17, 15) is 0 Å². The number of halogens is 3. The average molecular weight is 299 g/mol. The lowest BCUT2D eigenvalue weighted by Crippen LogP contribution is -1.82. The van der Waals surface area contributed by atoms with Crippen molar-refractivity contribution in [2.24, 2.45) is 4.99 Å². The maximum absolute atomic E-state index is 6.09. The van der Waals surface area contributed by atoms with Gasteiger partial charge >= 0.3 is 0 Å². The van der Waals surface area contributed by atoms with E-state index < -0.39 is 0 Å². The molecular formula is C14H10Cl3N. The fraction of sp³-hybridized carbons (Fsp3) is 0.0714. The molecular weight excluding hydrogens is 289 g/mol. The van der Waals surface area contributed by atoms with Gasteiger partial charge in [-0.2, -0.15) is 0 Å². The fourth-order valence-electron chi connectivity index (χ4n) is 1.52. The second-order valence-electron chi connectivity index (χ2n) is 3.84. The molecule has 0 amide bonds. The monoisotopic (exact) mass is 297 g/mol. The number of aliphatic imine (C=N–C) groups is 1. The summed E-state index contributed by atoms with van der Waals surface area (Å²) in [4.78, 5) is 4.39. The van der Waals surface area contributed by atoms with Crippen LogP contribution in [0.3, 0.4) is 0 Å². The first-order chi connectivity index (χ1) is 8.58. The van der Waals surface area contributed by atoms with E-state index in [1.165, 1.54) is 0 Å². The molecule has 0 fully saturated rings. The third-order valence-electron chi connectivity index (χ3n) is 2.47. The molecule has 4 heteroatoms. The number of para-hydroxylation sites is 1. The Morgan fingerprint density at radius 2 is 1.72 bits per heavy atom. The van der Waals surface area contributed by atoms with Crippen molar-refractivity contribution in [2.45, 2.75) is 6.92 Å². The molecule has 0 aliphatic heterocycles. The van der Waals surface area contributed by atoms with Crippen molar-refractivity contribution >= 4 is 46.7 Å². The van der Waals surface area contributed by atoms with Crippen LogP contribution in [0.4, 0.5) is 5.69 Å². The molecule has 2 aromatic carbocycles. The maximum atomic E-state index is 6.09. The Morgan fingerprint density at radius 3 is 2.39 bits per heavy atom. The second-order valence-corrected chi connectivity index (χ2v) is 5.06.